The average molecular weight is 271 g/mol. The van der Waals surface area contributed by atoms with Crippen LogP contribution in [0.25, 0.3) is 0 Å². The standard InChI is InChI=1S/C11H15ClN4O2/c1-11(2-4-13-5-3-11)15-10-9(12)6-8(7-14-10)16(17)18/h6-7,13H,2-5H2,1H3,(H,14,15). The fraction of sp³-hybridized carbons (Fsp3) is 0.545. The van der Waals surface area contributed by atoms with Gasteiger partial charge >= 0.3 is 0 Å². The van der Waals surface area contributed by atoms with E-state index in [1.807, 2.05) is 0 Å². The number of hydrogen-bond acceptors (Lipinski definition) is 5. The highest BCUT2D eigenvalue weighted by molar-refractivity contribution is 6.33. The van der Waals surface area contributed by atoms with Crippen molar-refractivity contribution < 1.29 is 4.92 Å². The third kappa shape index (κ3) is 2.88. The minimum Gasteiger partial charge on any atom is -0.364 e. The number of nitro groups is 1. The molecule has 7 heteroatoms. The summed E-state index contributed by atoms with van der Waals surface area (Å²) in [6, 6.07) is 1.32. The third-order valence-corrected chi connectivity index (χ3v) is 3.45. The van der Waals surface area contributed by atoms with E-state index >= 15 is 0 Å². The van der Waals surface area contributed by atoms with E-state index in [0.717, 1.165) is 25.9 Å². The van der Waals surface area contributed by atoms with Crippen LogP contribution >= 0.6 is 11.6 Å². The molecule has 0 bridgehead atoms. The van der Waals surface area contributed by atoms with E-state index in [4.69, 9.17) is 11.6 Å². The predicted molar refractivity (Wildman–Crippen MR) is 70.0 cm³/mol. The molecule has 2 rings (SSSR count). The minimum atomic E-state index is -0.505. The molecule has 0 unspecified atom stereocenters. The lowest BCUT2D eigenvalue weighted by Gasteiger charge is -2.35. The second-order valence-electron chi connectivity index (χ2n) is 4.72. The molecule has 2 N–H and O–H groups in total. The van der Waals surface area contributed by atoms with Crippen LogP contribution in [0, 0.1) is 10.1 Å². The number of nitrogens with one attached hydrogen (secondary N) is 2. The van der Waals surface area contributed by atoms with Crippen LogP contribution in [0.2, 0.25) is 5.02 Å². The molecule has 18 heavy (non-hydrogen) atoms. The Balaban J connectivity index is 2.16. The highest BCUT2D eigenvalue weighted by Gasteiger charge is 2.27. The van der Waals surface area contributed by atoms with E-state index in [-0.39, 0.29) is 16.2 Å². The second kappa shape index (κ2) is 5.07. The van der Waals surface area contributed by atoms with Crippen molar-refractivity contribution in [1.29, 1.82) is 0 Å². The summed E-state index contributed by atoms with van der Waals surface area (Å²) in [5.74, 6) is 0.506. The summed E-state index contributed by atoms with van der Waals surface area (Å²) in [7, 11) is 0. The van der Waals surface area contributed by atoms with Gasteiger partial charge in [-0.3, -0.25) is 10.1 Å². The van der Waals surface area contributed by atoms with Crippen LogP contribution in [0.5, 0.6) is 0 Å². The zero-order valence-electron chi connectivity index (χ0n) is 10.1. The molecule has 98 valence electrons. The molecule has 1 aromatic rings. The zero-order chi connectivity index (χ0) is 13.2. The molecule has 0 amide bonds. The molecule has 0 radical (unpaired) electrons. The van der Waals surface area contributed by atoms with Crippen LogP contribution in [-0.2, 0) is 0 Å². The smallest absolute Gasteiger partial charge is 0.289 e. The quantitative estimate of drug-likeness (QED) is 0.650. The predicted octanol–water partition coefficient (Wildman–Crippen LogP) is 2.20. The molecule has 6 nitrogen and oxygen atoms in total. The van der Waals surface area contributed by atoms with Gasteiger partial charge in [-0.15, -0.1) is 0 Å². The molecule has 1 aliphatic rings. The largest absolute Gasteiger partial charge is 0.364 e. The Hall–Kier alpha value is -1.40. The Kier molecular flexibility index (Phi) is 3.68. The Bertz CT molecular complexity index is 460. The number of rotatable bonds is 3. The van der Waals surface area contributed by atoms with Crippen LogP contribution in [0.15, 0.2) is 12.3 Å². The van der Waals surface area contributed by atoms with Gasteiger partial charge in [-0.25, -0.2) is 4.98 Å². The summed E-state index contributed by atoms with van der Waals surface area (Å²) in [6.45, 7) is 3.98. The molecule has 1 aliphatic heterocycles. The molecule has 0 aromatic carbocycles. The second-order valence-corrected chi connectivity index (χ2v) is 5.12. The van der Waals surface area contributed by atoms with Crippen molar-refractivity contribution in [3.8, 4) is 0 Å². The third-order valence-electron chi connectivity index (χ3n) is 3.16. The molecule has 0 aliphatic carbocycles. The number of nitrogens with zero attached hydrogens (tertiary/aromatic N) is 2. The van der Waals surface area contributed by atoms with Gasteiger partial charge in [0.15, 0.2) is 0 Å². The molecule has 0 saturated carbocycles. The number of piperidine rings is 1. The van der Waals surface area contributed by atoms with Crippen molar-refractivity contribution in [3.63, 3.8) is 0 Å². The van der Waals surface area contributed by atoms with E-state index < -0.39 is 4.92 Å². The van der Waals surface area contributed by atoms with Crippen molar-refractivity contribution in [2.45, 2.75) is 25.3 Å². The van der Waals surface area contributed by atoms with Gasteiger partial charge in [0.05, 0.1) is 9.95 Å². The van der Waals surface area contributed by atoms with E-state index in [0.29, 0.717) is 5.82 Å². The normalized spacial score (nSPS) is 18.3. The minimum absolute atomic E-state index is 0.0714. The lowest BCUT2D eigenvalue weighted by molar-refractivity contribution is -0.385. The maximum absolute atomic E-state index is 10.6. The van der Waals surface area contributed by atoms with E-state index in [9.17, 15) is 10.1 Å². The van der Waals surface area contributed by atoms with Crippen molar-refractivity contribution in [1.82, 2.24) is 10.3 Å². The first-order chi connectivity index (χ1) is 8.50. The fourth-order valence-corrected chi connectivity index (χ4v) is 2.22. The van der Waals surface area contributed by atoms with Gasteiger partial charge in [0.2, 0.25) is 0 Å². The van der Waals surface area contributed by atoms with Gasteiger partial charge in [-0.05, 0) is 32.9 Å². The summed E-state index contributed by atoms with van der Waals surface area (Å²) in [5.41, 5.74) is -0.168. The number of aromatic nitrogens is 1. The maximum Gasteiger partial charge on any atom is 0.289 e. The average Bonchev–Trinajstić information content (AvgIpc) is 2.32. The fourth-order valence-electron chi connectivity index (χ4n) is 2.01. The molecule has 0 spiro atoms. The van der Waals surface area contributed by atoms with Gasteiger partial charge in [0.1, 0.15) is 12.0 Å². The van der Waals surface area contributed by atoms with E-state index in [1.165, 1.54) is 12.3 Å². The number of anilines is 1. The monoisotopic (exact) mass is 270 g/mol. The molecule has 1 fully saturated rings. The van der Waals surface area contributed by atoms with Crippen molar-refractivity contribution in [3.05, 3.63) is 27.4 Å². The van der Waals surface area contributed by atoms with Crippen LogP contribution in [0.3, 0.4) is 0 Å². The molecule has 2 heterocycles. The highest BCUT2D eigenvalue weighted by atomic mass is 35.5. The number of hydrogen-bond donors (Lipinski definition) is 2. The van der Waals surface area contributed by atoms with Crippen LogP contribution in [-0.4, -0.2) is 28.5 Å². The van der Waals surface area contributed by atoms with E-state index in [2.05, 4.69) is 22.5 Å². The van der Waals surface area contributed by atoms with Gasteiger partial charge in [0.25, 0.3) is 5.69 Å². The lowest BCUT2D eigenvalue weighted by Crippen LogP contribution is -2.45. The summed E-state index contributed by atoms with van der Waals surface area (Å²) in [5, 5.41) is 17.4. The summed E-state index contributed by atoms with van der Waals surface area (Å²) in [6.07, 6.45) is 3.14. The van der Waals surface area contributed by atoms with Gasteiger partial charge < -0.3 is 10.6 Å². The SMILES string of the molecule is CC1(Nc2ncc([N+](=O)[O-])cc2Cl)CCNCC1. The molecular formula is C11H15ClN4O2. The first-order valence-electron chi connectivity index (χ1n) is 5.79. The summed E-state index contributed by atoms with van der Waals surface area (Å²) < 4.78 is 0. The van der Waals surface area contributed by atoms with Crippen LogP contribution < -0.4 is 10.6 Å². The maximum atomic E-state index is 10.6. The topological polar surface area (TPSA) is 80.1 Å². The zero-order valence-corrected chi connectivity index (χ0v) is 10.8. The van der Waals surface area contributed by atoms with Gasteiger partial charge in [0, 0.05) is 11.6 Å². The van der Waals surface area contributed by atoms with Crippen LogP contribution in [0.4, 0.5) is 11.5 Å². The van der Waals surface area contributed by atoms with Crippen molar-refractivity contribution >= 4 is 23.1 Å². The molecular weight excluding hydrogens is 256 g/mol. The Labute approximate surface area is 110 Å². The molecule has 1 aromatic heterocycles. The van der Waals surface area contributed by atoms with Crippen LogP contribution in [0.1, 0.15) is 19.8 Å². The van der Waals surface area contributed by atoms with Gasteiger partial charge in [-0.2, -0.15) is 0 Å². The van der Waals surface area contributed by atoms with Crippen molar-refractivity contribution in [2.24, 2.45) is 0 Å². The Morgan fingerprint density at radius 1 is 1.56 bits per heavy atom. The summed E-state index contributed by atoms with van der Waals surface area (Å²) >= 11 is 6.01. The Morgan fingerprint density at radius 3 is 2.78 bits per heavy atom. The summed E-state index contributed by atoms with van der Waals surface area (Å²) in [4.78, 5) is 14.1. The van der Waals surface area contributed by atoms with Crippen molar-refractivity contribution in [2.75, 3.05) is 18.4 Å². The Morgan fingerprint density at radius 2 is 2.22 bits per heavy atom. The number of pyridine rings is 1. The van der Waals surface area contributed by atoms with E-state index in [1.54, 1.807) is 0 Å². The lowest BCUT2D eigenvalue weighted by atomic mass is 9.90. The first-order valence-corrected chi connectivity index (χ1v) is 6.17. The molecule has 0 atom stereocenters. The highest BCUT2D eigenvalue weighted by Crippen LogP contribution is 2.29. The first kappa shape index (κ1) is 13.0. The number of halogens is 1. The van der Waals surface area contributed by atoms with Gasteiger partial charge in [-0.1, -0.05) is 11.6 Å². The molecule has 1 saturated heterocycles.